The van der Waals surface area contributed by atoms with E-state index in [1.54, 1.807) is 31.2 Å². The second kappa shape index (κ2) is 8.13. The molecule has 2 amide bonds. The summed E-state index contributed by atoms with van der Waals surface area (Å²) < 4.78 is 1.43. The van der Waals surface area contributed by atoms with Crippen molar-refractivity contribution in [2.45, 2.75) is 6.92 Å². The minimum Gasteiger partial charge on any atom is -0.287 e. The molecule has 0 spiro atoms. The summed E-state index contributed by atoms with van der Waals surface area (Å²) in [5.74, 6) is -1.70. The Morgan fingerprint density at radius 3 is 2.38 bits per heavy atom. The van der Waals surface area contributed by atoms with Crippen LogP contribution in [0.5, 0.6) is 0 Å². The van der Waals surface area contributed by atoms with E-state index in [0.717, 1.165) is 6.07 Å². The van der Waals surface area contributed by atoms with E-state index in [2.05, 4.69) is 16.0 Å². The molecule has 2 N–H and O–H groups in total. The Labute approximate surface area is 163 Å². The van der Waals surface area contributed by atoms with Gasteiger partial charge < -0.3 is 0 Å². The first-order valence-corrected chi connectivity index (χ1v) is 8.38. The van der Waals surface area contributed by atoms with Gasteiger partial charge in [0.25, 0.3) is 17.5 Å². The van der Waals surface area contributed by atoms with Crippen molar-refractivity contribution in [2.75, 3.05) is 0 Å². The first kappa shape index (κ1) is 19.4. The van der Waals surface area contributed by atoms with Crippen molar-refractivity contribution in [3.63, 3.8) is 0 Å². The second-order valence-corrected chi connectivity index (χ2v) is 5.96. The third-order valence-electron chi connectivity index (χ3n) is 3.93. The van der Waals surface area contributed by atoms with Gasteiger partial charge in [0.1, 0.15) is 0 Å². The molecule has 0 saturated heterocycles. The molecule has 1 heterocycles. The molecule has 29 heavy (non-hydrogen) atoms. The van der Waals surface area contributed by atoms with Crippen molar-refractivity contribution in [1.29, 1.82) is 0 Å². The fraction of sp³-hybridized carbons (Fsp3) is 0.0526. The number of hydrazine groups is 1. The van der Waals surface area contributed by atoms with Crippen LogP contribution in [0.25, 0.3) is 5.69 Å². The van der Waals surface area contributed by atoms with E-state index in [1.165, 1.54) is 28.9 Å². The molecule has 0 aliphatic rings. The van der Waals surface area contributed by atoms with Crippen molar-refractivity contribution in [2.24, 2.45) is 0 Å². The highest BCUT2D eigenvalue weighted by atomic mass is 16.6. The van der Waals surface area contributed by atoms with E-state index in [0.29, 0.717) is 11.4 Å². The number of hydrogen-bond donors (Lipinski definition) is 2. The summed E-state index contributed by atoms with van der Waals surface area (Å²) in [5, 5.41) is 14.9. The van der Waals surface area contributed by atoms with Crippen molar-refractivity contribution in [3.05, 3.63) is 98.0 Å². The number of aryl methyl sites for hydroxylation is 1. The number of rotatable bonds is 4. The number of aromatic nitrogens is 2. The van der Waals surface area contributed by atoms with Gasteiger partial charge in [-0.3, -0.25) is 35.3 Å². The predicted molar refractivity (Wildman–Crippen MR) is 103 cm³/mol. The number of nitrogens with one attached hydrogen (secondary N) is 2. The van der Waals surface area contributed by atoms with Crippen molar-refractivity contribution < 1.29 is 14.5 Å². The summed E-state index contributed by atoms with van der Waals surface area (Å²) in [4.78, 5) is 46.8. The fourth-order valence-corrected chi connectivity index (χ4v) is 2.54. The second-order valence-electron chi connectivity index (χ2n) is 5.96. The molecule has 146 valence electrons. The molecule has 10 nitrogen and oxygen atoms in total. The van der Waals surface area contributed by atoms with Crippen LogP contribution in [-0.4, -0.2) is 26.5 Å². The zero-order chi connectivity index (χ0) is 21.0. The zero-order valence-electron chi connectivity index (χ0n) is 15.2. The third-order valence-corrected chi connectivity index (χ3v) is 3.93. The van der Waals surface area contributed by atoms with Gasteiger partial charge in [0.2, 0.25) is 5.43 Å². The SMILES string of the molecule is Cc1cc(=O)c(C(=O)NNC(=O)c2cccc([N+](=O)[O-])c2)nn1-c1ccccc1. The predicted octanol–water partition coefficient (Wildman–Crippen LogP) is 1.52. The maximum absolute atomic E-state index is 12.4. The Kier molecular flexibility index (Phi) is 5.44. The Hall–Kier alpha value is -4.34. The summed E-state index contributed by atoms with van der Waals surface area (Å²) in [6.07, 6.45) is 0. The van der Waals surface area contributed by atoms with E-state index in [9.17, 15) is 24.5 Å². The van der Waals surface area contributed by atoms with E-state index in [1.807, 2.05) is 6.07 Å². The Bertz CT molecular complexity index is 1160. The number of hydrogen-bond acceptors (Lipinski definition) is 6. The van der Waals surface area contributed by atoms with Gasteiger partial charge in [-0.2, -0.15) is 5.10 Å². The topological polar surface area (TPSA) is 136 Å². The van der Waals surface area contributed by atoms with Gasteiger partial charge in [-0.25, -0.2) is 4.68 Å². The molecule has 0 saturated carbocycles. The lowest BCUT2D eigenvalue weighted by Gasteiger charge is -2.11. The molecule has 0 aliphatic heterocycles. The summed E-state index contributed by atoms with van der Waals surface area (Å²) in [6, 6.07) is 15.2. The van der Waals surface area contributed by atoms with E-state index < -0.39 is 27.9 Å². The molecule has 3 aromatic rings. The molecule has 0 radical (unpaired) electrons. The lowest BCUT2D eigenvalue weighted by Crippen LogP contribution is -2.44. The van der Waals surface area contributed by atoms with Gasteiger partial charge in [-0.1, -0.05) is 24.3 Å². The molecule has 2 aromatic carbocycles. The highest BCUT2D eigenvalue weighted by Gasteiger charge is 2.17. The quantitative estimate of drug-likeness (QED) is 0.509. The Balaban J connectivity index is 1.79. The summed E-state index contributed by atoms with van der Waals surface area (Å²) in [6.45, 7) is 1.67. The number of amides is 2. The van der Waals surface area contributed by atoms with Crippen LogP contribution in [0.4, 0.5) is 5.69 Å². The average Bonchev–Trinajstić information content (AvgIpc) is 2.72. The summed E-state index contributed by atoms with van der Waals surface area (Å²) in [5.41, 5.74) is 4.06. The van der Waals surface area contributed by atoms with Gasteiger partial charge in [0.05, 0.1) is 10.6 Å². The lowest BCUT2D eigenvalue weighted by atomic mass is 10.2. The van der Waals surface area contributed by atoms with Gasteiger partial charge in [0.15, 0.2) is 5.69 Å². The van der Waals surface area contributed by atoms with Crippen LogP contribution in [-0.2, 0) is 0 Å². The van der Waals surface area contributed by atoms with Crippen LogP contribution in [0.3, 0.4) is 0 Å². The standard InChI is InChI=1S/C19H15N5O5/c1-12-10-16(25)17(22-23(12)14-7-3-2-4-8-14)19(27)21-20-18(26)13-6-5-9-15(11-13)24(28)29/h2-11H,1H3,(H,20,26)(H,21,27). The molecule has 3 rings (SSSR count). The average molecular weight is 393 g/mol. The van der Waals surface area contributed by atoms with E-state index in [4.69, 9.17) is 0 Å². The van der Waals surface area contributed by atoms with Crippen LogP contribution in [0, 0.1) is 17.0 Å². The van der Waals surface area contributed by atoms with Crippen molar-refractivity contribution in [3.8, 4) is 5.69 Å². The Morgan fingerprint density at radius 2 is 1.69 bits per heavy atom. The molecule has 0 fully saturated rings. The monoisotopic (exact) mass is 393 g/mol. The van der Waals surface area contributed by atoms with Gasteiger partial charge in [0, 0.05) is 29.5 Å². The Morgan fingerprint density at radius 1 is 1.00 bits per heavy atom. The number of para-hydroxylation sites is 1. The molecule has 10 heteroatoms. The van der Waals surface area contributed by atoms with Crippen LogP contribution < -0.4 is 16.3 Å². The number of non-ortho nitro benzene ring substituents is 1. The highest BCUT2D eigenvalue weighted by molar-refractivity contribution is 5.98. The number of carbonyl (C=O) groups is 2. The zero-order valence-corrected chi connectivity index (χ0v) is 15.2. The number of nitro groups is 1. The molecular weight excluding hydrogens is 378 g/mol. The minimum atomic E-state index is -0.918. The first-order chi connectivity index (χ1) is 13.9. The van der Waals surface area contributed by atoms with Crippen molar-refractivity contribution >= 4 is 17.5 Å². The van der Waals surface area contributed by atoms with Crippen LogP contribution in [0.15, 0.2) is 65.5 Å². The van der Waals surface area contributed by atoms with Crippen LogP contribution >= 0.6 is 0 Å². The fourth-order valence-electron chi connectivity index (χ4n) is 2.54. The minimum absolute atomic E-state index is 0.0296. The van der Waals surface area contributed by atoms with Gasteiger partial charge in [-0.15, -0.1) is 0 Å². The first-order valence-electron chi connectivity index (χ1n) is 8.38. The summed E-state index contributed by atoms with van der Waals surface area (Å²) >= 11 is 0. The van der Waals surface area contributed by atoms with E-state index in [-0.39, 0.29) is 11.3 Å². The number of carbonyl (C=O) groups excluding carboxylic acids is 2. The lowest BCUT2D eigenvalue weighted by molar-refractivity contribution is -0.384. The maximum atomic E-state index is 12.4. The number of nitro benzene ring substituents is 1. The van der Waals surface area contributed by atoms with Crippen molar-refractivity contribution in [1.82, 2.24) is 20.6 Å². The maximum Gasteiger partial charge on any atom is 0.294 e. The molecule has 0 unspecified atom stereocenters. The molecular formula is C19H15N5O5. The third kappa shape index (κ3) is 4.33. The summed E-state index contributed by atoms with van der Waals surface area (Å²) in [7, 11) is 0. The number of benzene rings is 2. The number of nitrogens with zero attached hydrogens (tertiary/aromatic N) is 3. The molecule has 0 bridgehead atoms. The largest absolute Gasteiger partial charge is 0.294 e. The van der Waals surface area contributed by atoms with Crippen LogP contribution in [0.1, 0.15) is 26.5 Å². The normalized spacial score (nSPS) is 10.2. The highest BCUT2D eigenvalue weighted by Crippen LogP contribution is 2.12. The molecule has 1 aromatic heterocycles. The molecule has 0 atom stereocenters. The van der Waals surface area contributed by atoms with Gasteiger partial charge >= 0.3 is 0 Å². The smallest absolute Gasteiger partial charge is 0.287 e. The molecule has 0 aliphatic carbocycles. The van der Waals surface area contributed by atoms with Gasteiger partial charge in [-0.05, 0) is 25.1 Å². The van der Waals surface area contributed by atoms with E-state index >= 15 is 0 Å². The van der Waals surface area contributed by atoms with Crippen LogP contribution in [0.2, 0.25) is 0 Å².